The molecule has 88 valence electrons. The standard InChI is InChI=1S/C11H9ClFN3O/c12-8-2-1-3-9(13)7(8)6-10(17)16-11-14-4-5-15-11/h1-5H,6H2,(H2,14,15,16,17). The molecule has 0 spiro atoms. The molecule has 1 amide bonds. The Morgan fingerprint density at radius 2 is 2.35 bits per heavy atom. The monoisotopic (exact) mass is 253 g/mol. The Morgan fingerprint density at radius 3 is 3.00 bits per heavy atom. The zero-order valence-corrected chi connectivity index (χ0v) is 9.46. The lowest BCUT2D eigenvalue weighted by Crippen LogP contribution is -2.16. The number of nitrogens with zero attached hydrogens (tertiary/aromatic N) is 1. The van der Waals surface area contributed by atoms with E-state index in [-0.39, 0.29) is 22.9 Å². The van der Waals surface area contributed by atoms with Gasteiger partial charge in [-0.05, 0) is 12.1 Å². The van der Waals surface area contributed by atoms with Crippen molar-refractivity contribution in [3.8, 4) is 0 Å². The van der Waals surface area contributed by atoms with Crippen LogP contribution in [0.1, 0.15) is 5.56 Å². The first-order valence-corrected chi connectivity index (χ1v) is 5.26. The molecule has 0 fully saturated rings. The van der Waals surface area contributed by atoms with Crippen molar-refractivity contribution in [1.29, 1.82) is 0 Å². The van der Waals surface area contributed by atoms with Gasteiger partial charge in [0.05, 0.1) is 6.42 Å². The molecule has 0 unspecified atom stereocenters. The van der Waals surface area contributed by atoms with Crippen LogP contribution in [0.5, 0.6) is 0 Å². The average molecular weight is 254 g/mol. The highest BCUT2D eigenvalue weighted by atomic mass is 35.5. The van der Waals surface area contributed by atoms with E-state index in [2.05, 4.69) is 15.3 Å². The van der Waals surface area contributed by atoms with Gasteiger partial charge >= 0.3 is 0 Å². The number of anilines is 1. The van der Waals surface area contributed by atoms with Gasteiger partial charge in [0.15, 0.2) is 0 Å². The molecule has 2 N–H and O–H groups in total. The van der Waals surface area contributed by atoms with Gasteiger partial charge in [-0.2, -0.15) is 0 Å². The van der Waals surface area contributed by atoms with Crippen LogP contribution in [0.15, 0.2) is 30.6 Å². The lowest BCUT2D eigenvalue weighted by molar-refractivity contribution is -0.115. The van der Waals surface area contributed by atoms with E-state index in [9.17, 15) is 9.18 Å². The number of H-pyrrole nitrogens is 1. The second kappa shape index (κ2) is 4.97. The lowest BCUT2D eigenvalue weighted by atomic mass is 10.1. The van der Waals surface area contributed by atoms with Crippen molar-refractivity contribution in [3.63, 3.8) is 0 Å². The minimum absolute atomic E-state index is 0.133. The fourth-order valence-corrected chi connectivity index (χ4v) is 1.60. The van der Waals surface area contributed by atoms with Crippen molar-refractivity contribution in [2.24, 2.45) is 0 Å². The number of nitrogens with one attached hydrogen (secondary N) is 2. The second-order valence-corrected chi connectivity index (χ2v) is 3.77. The number of imidazole rings is 1. The number of rotatable bonds is 3. The lowest BCUT2D eigenvalue weighted by Gasteiger charge is -2.05. The number of hydrogen-bond acceptors (Lipinski definition) is 2. The van der Waals surface area contributed by atoms with Crippen LogP contribution in [0.3, 0.4) is 0 Å². The van der Waals surface area contributed by atoms with Gasteiger partial charge in [-0.25, -0.2) is 9.37 Å². The summed E-state index contributed by atoms with van der Waals surface area (Å²) in [5.41, 5.74) is 0.179. The van der Waals surface area contributed by atoms with Gasteiger partial charge in [0.25, 0.3) is 0 Å². The van der Waals surface area contributed by atoms with Crippen molar-refractivity contribution >= 4 is 23.5 Å². The van der Waals surface area contributed by atoms with Crippen LogP contribution < -0.4 is 5.32 Å². The van der Waals surface area contributed by atoms with E-state index < -0.39 is 5.82 Å². The molecule has 0 saturated carbocycles. The summed E-state index contributed by atoms with van der Waals surface area (Å²) in [4.78, 5) is 18.1. The average Bonchev–Trinajstić information content (AvgIpc) is 2.76. The Hall–Kier alpha value is -1.88. The molecule has 2 aromatic rings. The number of benzene rings is 1. The zero-order valence-electron chi connectivity index (χ0n) is 8.71. The third kappa shape index (κ3) is 2.82. The quantitative estimate of drug-likeness (QED) is 0.882. The van der Waals surface area contributed by atoms with Crippen molar-refractivity contribution in [3.05, 3.63) is 47.0 Å². The predicted molar refractivity (Wildman–Crippen MR) is 62.3 cm³/mol. The highest BCUT2D eigenvalue weighted by Gasteiger charge is 2.12. The molecule has 1 aromatic carbocycles. The Labute approximate surface area is 102 Å². The van der Waals surface area contributed by atoms with Gasteiger partial charge in [-0.1, -0.05) is 17.7 Å². The van der Waals surface area contributed by atoms with E-state index in [0.717, 1.165) is 0 Å². The van der Waals surface area contributed by atoms with Crippen LogP contribution in [-0.2, 0) is 11.2 Å². The molecular formula is C11H9ClFN3O. The highest BCUT2D eigenvalue weighted by Crippen LogP contribution is 2.19. The minimum Gasteiger partial charge on any atom is -0.331 e. The largest absolute Gasteiger partial charge is 0.331 e. The molecular weight excluding hydrogens is 245 g/mol. The van der Waals surface area contributed by atoms with E-state index in [1.807, 2.05) is 0 Å². The number of carbonyl (C=O) groups excluding carboxylic acids is 1. The summed E-state index contributed by atoms with van der Waals surface area (Å²) in [6.45, 7) is 0. The van der Waals surface area contributed by atoms with E-state index in [4.69, 9.17) is 11.6 Å². The summed E-state index contributed by atoms with van der Waals surface area (Å²) >= 11 is 5.81. The molecule has 0 saturated heterocycles. The number of aromatic amines is 1. The second-order valence-electron chi connectivity index (χ2n) is 3.36. The molecule has 0 radical (unpaired) electrons. The molecule has 2 rings (SSSR count). The summed E-state index contributed by atoms with van der Waals surface area (Å²) < 4.78 is 13.4. The van der Waals surface area contributed by atoms with Gasteiger partial charge in [-0.15, -0.1) is 0 Å². The van der Waals surface area contributed by atoms with Gasteiger partial charge in [0.1, 0.15) is 5.82 Å². The third-order valence-corrected chi connectivity index (χ3v) is 2.51. The fraction of sp³-hybridized carbons (Fsp3) is 0.0909. The number of halogens is 2. The topological polar surface area (TPSA) is 57.8 Å². The summed E-state index contributed by atoms with van der Waals surface area (Å²) in [6.07, 6.45) is 2.95. The molecule has 0 aliphatic rings. The molecule has 4 nitrogen and oxygen atoms in total. The van der Waals surface area contributed by atoms with Gasteiger partial charge in [-0.3, -0.25) is 10.1 Å². The maximum atomic E-state index is 13.4. The molecule has 17 heavy (non-hydrogen) atoms. The Morgan fingerprint density at radius 1 is 1.53 bits per heavy atom. The Kier molecular flexibility index (Phi) is 3.39. The molecule has 1 aromatic heterocycles. The van der Waals surface area contributed by atoms with Crippen LogP contribution in [0.25, 0.3) is 0 Å². The van der Waals surface area contributed by atoms with Crippen LogP contribution >= 0.6 is 11.6 Å². The van der Waals surface area contributed by atoms with Crippen molar-refractivity contribution in [2.45, 2.75) is 6.42 Å². The fourth-order valence-electron chi connectivity index (χ4n) is 1.37. The SMILES string of the molecule is O=C(Cc1c(F)cccc1Cl)Nc1ncc[nH]1. The molecule has 0 aliphatic carbocycles. The first-order chi connectivity index (χ1) is 8.16. The molecule has 0 atom stereocenters. The van der Waals surface area contributed by atoms with Crippen molar-refractivity contribution < 1.29 is 9.18 Å². The first kappa shape index (κ1) is 11.6. The van der Waals surface area contributed by atoms with E-state index in [0.29, 0.717) is 5.95 Å². The summed E-state index contributed by atoms with van der Waals surface area (Å²) in [6, 6.07) is 4.30. The number of carbonyl (C=O) groups is 1. The van der Waals surface area contributed by atoms with Crippen LogP contribution in [0.4, 0.5) is 10.3 Å². The van der Waals surface area contributed by atoms with E-state index >= 15 is 0 Å². The van der Waals surface area contributed by atoms with E-state index in [1.165, 1.54) is 18.3 Å². The number of amides is 1. The maximum absolute atomic E-state index is 13.4. The summed E-state index contributed by atoms with van der Waals surface area (Å²) in [5.74, 6) is -0.554. The first-order valence-electron chi connectivity index (χ1n) is 4.89. The van der Waals surface area contributed by atoms with Crippen LogP contribution in [-0.4, -0.2) is 15.9 Å². The van der Waals surface area contributed by atoms with Gasteiger partial charge < -0.3 is 4.98 Å². The predicted octanol–water partition coefficient (Wildman–Crippen LogP) is 2.38. The van der Waals surface area contributed by atoms with Crippen molar-refractivity contribution in [2.75, 3.05) is 5.32 Å². The van der Waals surface area contributed by atoms with E-state index in [1.54, 1.807) is 12.3 Å². The minimum atomic E-state index is -0.493. The third-order valence-electron chi connectivity index (χ3n) is 2.16. The Bertz CT molecular complexity index is 507. The normalized spacial score (nSPS) is 10.2. The van der Waals surface area contributed by atoms with Gasteiger partial charge in [0, 0.05) is 23.0 Å². The molecule has 1 heterocycles. The number of aromatic nitrogens is 2. The number of hydrogen-bond donors (Lipinski definition) is 2. The molecule has 0 aliphatic heterocycles. The van der Waals surface area contributed by atoms with Crippen molar-refractivity contribution in [1.82, 2.24) is 9.97 Å². The highest BCUT2D eigenvalue weighted by molar-refractivity contribution is 6.31. The summed E-state index contributed by atoms with van der Waals surface area (Å²) in [5, 5.41) is 2.73. The zero-order chi connectivity index (χ0) is 12.3. The molecule has 0 bridgehead atoms. The molecule has 6 heteroatoms. The van der Waals surface area contributed by atoms with Gasteiger partial charge in [0.2, 0.25) is 11.9 Å². The summed E-state index contributed by atoms with van der Waals surface area (Å²) in [7, 11) is 0. The van der Waals surface area contributed by atoms with Crippen LogP contribution in [0, 0.1) is 5.82 Å². The Balaban J connectivity index is 2.08. The smallest absolute Gasteiger partial charge is 0.231 e. The van der Waals surface area contributed by atoms with Crippen LogP contribution in [0.2, 0.25) is 5.02 Å². The maximum Gasteiger partial charge on any atom is 0.231 e.